The molecule has 0 bridgehead atoms. The van der Waals surface area contributed by atoms with Gasteiger partial charge in [-0.1, -0.05) is 29.3 Å². The molecule has 0 unspecified atom stereocenters. The Labute approximate surface area is 215 Å². The highest BCUT2D eigenvalue weighted by molar-refractivity contribution is 6.35. The minimum Gasteiger partial charge on any atom is -0.497 e. The fraction of sp³-hybridized carbons (Fsp3) is 0.346. The third-order valence-electron chi connectivity index (χ3n) is 6.16. The molecule has 3 aromatic rings. The molecule has 184 valence electrons. The van der Waals surface area contributed by atoms with E-state index in [1.54, 1.807) is 37.4 Å². The van der Waals surface area contributed by atoms with E-state index in [0.29, 0.717) is 52.6 Å². The molecule has 1 aromatic heterocycles. The Morgan fingerprint density at radius 1 is 1.11 bits per heavy atom. The van der Waals surface area contributed by atoms with Crippen LogP contribution in [0.15, 0.2) is 55.1 Å². The lowest BCUT2D eigenvalue weighted by atomic mass is 9.96. The number of aromatic nitrogens is 2. The fourth-order valence-electron chi connectivity index (χ4n) is 4.11. The van der Waals surface area contributed by atoms with Crippen LogP contribution in [-0.4, -0.2) is 49.2 Å². The quantitative estimate of drug-likeness (QED) is 0.430. The van der Waals surface area contributed by atoms with Crippen LogP contribution in [0.4, 0.5) is 5.69 Å². The maximum Gasteiger partial charge on any atom is 0.255 e. The van der Waals surface area contributed by atoms with Gasteiger partial charge >= 0.3 is 0 Å². The molecule has 4 rings (SSSR count). The summed E-state index contributed by atoms with van der Waals surface area (Å²) in [5, 5.41) is 4.27. The van der Waals surface area contributed by atoms with Gasteiger partial charge in [-0.3, -0.25) is 4.79 Å². The maximum atomic E-state index is 13.0. The van der Waals surface area contributed by atoms with E-state index < -0.39 is 0 Å². The standard InChI is InChI=1S/C26H28Cl2N4O3/c1-34-22-4-5-23(25(13-22)35-11-8-19-2-3-20(27)12-24(19)28)26(33)31-14-18-6-9-32(10-7-18)21-15-29-17-30-16-21/h2-5,12-13,15-18H,6-11,14H2,1H3,(H,31,33). The SMILES string of the molecule is COc1ccc(C(=O)NCC2CCN(c3cncnc3)CC2)c(OCCc2ccc(Cl)cc2Cl)c1. The molecule has 2 aromatic carbocycles. The normalized spacial score (nSPS) is 14.0. The highest BCUT2D eigenvalue weighted by Crippen LogP contribution is 2.27. The summed E-state index contributed by atoms with van der Waals surface area (Å²) in [5.41, 5.74) is 2.44. The molecule has 1 fully saturated rings. The summed E-state index contributed by atoms with van der Waals surface area (Å²) in [6, 6.07) is 10.6. The summed E-state index contributed by atoms with van der Waals surface area (Å²) in [4.78, 5) is 23.5. The second-order valence-electron chi connectivity index (χ2n) is 8.43. The van der Waals surface area contributed by atoms with Gasteiger partial charge in [0.25, 0.3) is 5.91 Å². The summed E-state index contributed by atoms with van der Waals surface area (Å²) in [7, 11) is 1.58. The van der Waals surface area contributed by atoms with E-state index in [1.165, 1.54) is 6.33 Å². The van der Waals surface area contributed by atoms with E-state index >= 15 is 0 Å². The number of nitrogens with one attached hydrogen (secondary N) is 1. The number of anilines is 1. The van der Waals surface area contributed by atoms with Gasteiger partial charge in [-0.05, 0) is 48.6 Å². The number of ether oxygens (including phenoxy) is 2. The molecule has 35 heavy (non-hydrogen) atoms. The second kappa shape index (κ2) is 12.1. The van der Waals surface area contributed by atoms with Gasteiger partial charge in [0.05, 0.1) is 37.4 Å². The van der Waals surface area contributed by atoms with E-state index in [1.807, 2.05) is 18.5 Å². The first-order valence-electron chi connectivity index (χ1n) is 11.6. The lowest BCUT2D eigenvalue weighted by molar-refractivity contribution is 0.0941. The number of benzene rings is 2. The largest absolute Gasteiger partial charge is 0.497 e. The molecule has 9 heteroatoms. The average molecular weight is 515 g/mol. The fourth-order valence-corrected chi connectivity index (χ4v) is 4.62. The van der Waals surface area contributed by atoms with Crippen molar-refractivity contribution in [1.29, 1.82) is 0 Å². The smallest absolute Gasteiger partial charge is 0.255 e. The van der Waals surface area contributed by atoms with Crippen molar-refractivity contribution in [2.75, 3.05) is 38.3 Å². The number of halogens is 2. The molecule has 1 aliphatic rings. The Balaban J connectivity index is 1.32. The Bertz CT molecular complexity index is 1140. The number of rotatable bonds is 9. The second-order valence-corrected chi connectivity index (χ2v) is 9.28. The summed E-state index contributed by atoms with van der Waals surface area (Å²) in [5.74, 6) is 1.35. The van der Waals surface area contributed by atoms with Crippen LogP contribution in [0, 0.1) is 5.92 Å². The van der Waals surface area contributed by atoms with Crippen LogP contribution in [0.25, 0.3) is 0 Å². The van der Waals surface area contributed by atoms with Crippen molar-refractivity contribution in [3.63, 3.8) is 0 Å². The van der Waals surface area contributed by atoms with Crippen molar-refractivity contribution in [3.05, 3.63) is 76.3 Å². The Morgan fingerprint density at radius 2 is 1.89 bits per heavy atom. The number of hydrogen-bond donors (Lipinski definition) is 1. The molecule has 1 aliphatic heterocycles. The van der Waals surface area contributed by atoms with Crippen LogP contribution in [-0.2, 0) is 6.42 Å². The van der Waals surface area contributed by atoms with Crippen molar-refractivity contribution in [2.45, 2.75) is 19.3 Å². The minimum atomic E-state index is -0.161. The van der Waals surface area contributed by atoms with Gasteiger partial charge in [-0.15, -0.1) is 0 Å². The van der Waals surface area contributed by atoms with Gasteiger partial charge in [0.1, 0.15) is 17.8 Å². The number of methoxy groups -OCH3 is 1. The average Bonchev–Trinajstić information content (AvgIpc) is 2.89. The Morgan fingerprint density at radius 3 is 2.60 bits per heavy atom. The Hall–Kier alpha value is -3.03. The molecule has 0 aliphatic carbocycles. The van der Waals surface area contributed by atoms with Crippen LogP contribution in [0.2, 0.25) is 10.0 Å². The van der Waals surface area contributed by atoms with Crippen molar-refractivity contribution in [3.8, 4) is 11.5 Å². The topological polar surface area (TPSA) is 76.6 Å². The predicted molar refractivity (Wildman–Crippen MR) is 138 cm³/mol. The zero-order valence-electron chi connectivity index (χ0n) is 19.5. The van der Waals surface area contributed by atoms with Crippen LogP contribution in [0.5, 0.6) is 11.5 Å². The summed E-state index contributed by atoms with van der Waals surface area (Å²) in [6.07, 6.45) is 7.77. The first-order valence-corrected chi connectivity index (χ1v) is 12.3. The first kappa shape index (κ1) is 25.1. The van der Waals surface area contributed by atoms with Crippen LogP contribution >= 0.6 is 23.2 Å². The third kappa shape index (κ3) is 6.77. The number of piperidine rings is 1. The molecule has 0 atom stereocenters. The molecular formula is C26H28Cl2N4O3. The monoisotopic (exact) mass is 514 g/mol. The number of carbonyl (C=O) groups excluding carboxylic acids is 1. The number of amides is 1. The molecule has 1 amide bonds. The van der Waals surface area contributed by atoms with Gasteiger partial charge < -0.3 is 19.7 Å². The van der Waals surface area contributed by atoms with Gasteiger partial charge in [-0.25, -0.2) is 9.97 Å². The molecule has 0 saturated carbocycles. The van der Waals surface area contributed by atoms with Gasteiger partial charge in [0.15, 0.2) is 0 Å². The zero-order chi connectivity index (χ0) is 24.6. The molecule has 0 radical (unpaired) electrons. The molecule has 1 N–H and O–H groups in total. The van der Waals surface area contributed by atoms with E-state index in [-0.39, 0.29) is 5.91 Å². The number of nitrogens with zero attached hydrogens (tertiary/aromatic N) is 3. The lowest BCUT2D eigenvalue weighted by Crippen LogP contribution is -2.38. The predicted octanol–water partition coefficient (Wildman–Crippen LogP) is 5.06. The molecular weight excluding hydrogens is 487 g/mol. The minimum absolute atomic E-state index is 0.161. The van der Waals surface area contributed by atoms with Crippen molar-refractivity contribution < 1.29 is 14.3 Å². The van der Waals surface area contributed by atoms with E-state index in [9.17, 15) is 4.79 Å². The summed E-state index contributed by atoms with van der Waals surface area (Å²) < 4.78 is 11.3. The molecule has 2 heterocycles. The zero-order valence-corrected chi connectivity index (χ0v) is 21.1. The molecule has 0 spiro atoms. The summed E-state index contributed by atoms with van der Waals surface area (Å²) in [6.45, 7) is 2.80. The van der Waals surface area contributed by atoms with Gasteiger partial charge in [0, 0.05) is 42.2 Å². The van der Waals surface area contributed by atoms with Crippen molar-refractivity contribution in [2.24, 2.45) is 5.92 Å². The van der Waals surface area contributed by atoms with Crippen LogP contribution in [0.3, 0.4) is 0 Å². The highest BCUT2D eigenvalue weighted by atomic mass is 35.5. The summed E-state index contributed by atoms with van der Waals surface area (Å²) >= 11 is 12.2. The van der Waals surface area contributed by atoms with Crippen molar-refractivity contribution in [1.82, 2.24) is 15.3 Å². The molecule has 7 nitrogen and oxygen atoms in total. The van der Waals surface area contributed by atoms with Crippen LogP contribution in [0.1, 0.15) is 28.8 Å². The number of carbonyl (C=O) groups is 1. The van der Waals surface area contributed by atoms with E-state index in [4.69, 9.17) is 32.7 Å². The van der Waals surface area contributed by atoms with Crippen molar-refractivity contribution >= 4 is 34.8 Å². The highest BCUT2D eigenvalue weighted by Gasteiger charge is 2.21. The van der Waals surface area contributed by atoms with Crippen LogP contribution < -0.4 is 19.7 Å². The molecule has 1 saturated heterocycles. The lowest BCUT2D eigenvalue weighted by Gasteiger charge is -2.33. The third-order valence-corrected chi connectivity index (χ3v) is 6.74. The van der Waals surface area contributed by atoms with Gasteiger partial charge in [0.2, 0.25) is 0 Å². The maximum absolute atomic E-state index is 13.0. The Kier molecular flexibility index (Phi) is 8.66. The first-order chi connectivity index (χ1) is 17.0. The van der Waals surface area contributed by atoms with E-state index in [2.05, 4.69) is 20.2 Å². The van der Waals surface area contributed by atoms with Gasteiger partial charge in [-0.2, -0.15) is 0 Å². The number of hydrogen-bond acceptors (Lipinski definition) is 6. The van der Waals surface area contributed by atoms with E-state index in [0.717, 1.165) is 37.2 Å².